The van der Waals surface area contributed by atoms with E-state index in [1.165, 1.54) is 18.2 Å². The number of amides is 1. The van der Waals surface area contributed by atoms with E-state index in [9.17, 15) is 18.0 Å². The molecule has 0 aromatic heterocycles. The lowest BCUT2D eigenvalue weighted by atomic mass is 10.1. The van der Waals surface area contributed by atoms with Crippen LogP contribution in [0.3, 0.4) is 0 Å². The summed E-state index contributed by atoms with van der Waals surface area (Å²) < 4.78 is 46.7. The van der Waals surface area contributed by atoms with Crippen molar-refractivity contribution in [3.05, 3.63) is 24.3 Å². The molecule has 28 heavy (non-hydrogen) atoms. The zero-order chi connectivity index (χ0) is 20.9. The topological polar surface area (TPSA) is 89.2 Å². The maximum Gasteiger partial charge on any atom is 0.573 e. The van der Waals surface area contributed by atoms with E-state index in [-0.39, 0.29) is 23.7 Å². The summed E-state index contributed by atoms with van der Waals surface area (Å²) in [7, 11) is 0. The molecule has 10 heteroatoms. The smallest absolute Gasteiger partial charge is 0.444 e. The van der Waals surface area contributed by atoms with Gasteiger partial charge in [-0.25, -0.2) is 4.79 Å². The molecule has 1 aliphatic rings. The van der Waals surface area contributed by atoms with E-state index < -0.39 is 17.7 Å². The van der Waals surface area contributed by atoms with Crippen molar-refractivity contribution in [2.75, 3.05) is 25.0 Å². The van der Waals surface area contributed by atoms with Crippen molar-refractivity contribution in [1.82, 2.24) is 4.90 Å². The van der Waals surface area contributed by atoms with Crippen molar-refractivity contribution in [1.29, 1.82) is 0 Å². The number of carbonyl (C=O) groups is 1. The van der Waals surface area contributed by atoms with E-state index in [0.717, 1.165) is 6.42 Å². The second-order valence-corrected chi connectivity index (χ2v) is 7.48. The summed E-state index contributed by atoms with van der Waals surface area (Å²) in [5.41, 5.74) is 5.29. The van der Waals surface area contributed by atoms with E-state index in [1.54, 1.807) is 31.7 Å². The predicted octanol–water partition coefficient (Wildman–Crippen LogP) is 3.57. The van der Waals surface area contributed by atoms with Gasteiger partial charge in [0.2, 0.25) is 0 Å². The van der Waals surface area contributed by atoms with Gasteiger partial charge < -0.3 is 25.4 Å². The average Bonchev–Trinajstić information content (AvgIpc) is 3.01. The number of hydrogen-bond acceptors (Lipinski definition) is 4. The Morgan fingerprint density at radius 3 is 2.64 bits per heavy atom. The van der Waals surface area contributed by atoms with Crippen LogP contribution in [-0.4, -0.2) is 48.6 Å². The Balaban J connectivity index is 1.90. The summed E-state index contributed by atoms with van der Waals surface area (Å²) in [6.07, 6.45) is -4.44. The van der Waals surface area contributed by atoms with E-state index in [4.69, 9.17) is 10.5 Å². The number of guanidine groups is 1. The highest BCUT2D eigenvalue weighted by Crippen LogP contribution is 2.29. The number of hydrogen-bond donors (Lipinski definition) is 2. The second-order valence-electron chi connectivity index (χ2n) is 7.48. The van der Waals surface area contributed by atoms with Gasteiger partial charge in [0.1, 0.15) is 5.60 Å². The Bertz CT molecular complexity index is 717. The van der Waals surface area contributed by atoms with Gasteiger partial charge in [0.25, 0.3) is 0 Å². The molecule has 1 unspecified atom stereocenters. The van der Waals surface area contributed by atoms with Crippen molar-refractivity contribution in [2.45, 2.75) is 39.2 Å². The van der Waals surface area contributed by atoms with Crippen LogP contribution < -0.4 is 15.8 Å². The summed E-state index contributed by atoms with van der Waals surface area (Å²) in [6, 6.07) is 5.56. The Morgan fingerprint density at radius 2 is 2.00 bits per heavy atom. The van der Waals surface area contributed by atoms with Crippen LogP contribution in [0.25, 0.3) is 0 Å². The second kappa shape index (κ2) is 8.57. The molecule has 0 aliphatic carbocycles. The van der Waals surface area contributed by atoms with Crippen LogP contribution in [0.1, 0.15) is 27.2 Å². The van der Waals surface area contributed by atoms with Crippen LogP contribution in [0.5, 0.6) is 5.75 Å². The molecule has 1 saturated heterocycles. The minimum Gasteiger partial charge on any atom is -0.444 e. The zero-order valence-electron chi connectivity index (χ0n) is 16.0. The maximum absolute atomic E-state index is 12.5. The Hall–Kier alpha value is -2.65. The van der Waals surface area contributed by atoms with Gasteiger partial charge in [-0.1, -0.05) is 12.1 Å². The number of halogens is 3. The van der Waals surface area contributed by atoms with Crippen LogP contribution >= 0.6 is 0 Å². The maximum atomic E-state index is 12.5. The van der Waals surface area contributed by atoms with Gasteiger partial charge in [-0.2, -0.15) is 0 Å². The number of rotatable bonds is 4. The summed E-state index contributed by atoms with van der Waals surface area (Å²) in [5.74, 6) is -0.339. The summed E-state index contributed by atoms with van der Waals surface area (Å²) in [5, 5.41) is 2.62. The molecule has 1 amide bonds. The number of aliphatic imine (C=N–C) groups is 1. The molecule has 156 valence electrons. The predicted molar refractivity (Wildman–Crippen MR) is 99.2 cm³/mol. The third kappa shape index (κ3) is 7.16. The number of nitrogens with one attached hydrogen (secondary N) is 1. The molecule has 3 N–H and O–H groups in total. The number of ether oxygens (including phenoxy) is 2. The van der Waals surface area contributed by atoms with Gasteiger partial charge in [-0.05, 0) is 45.2 Å². The first-order chi connectivity index (χ1) is 12.9. The Kier molecular flexibility index (Phi) is 6.63. The molecule has 2 rings (SSSR count). The minimum absolute atomic E-state index is 0.0334. The lowest BCUT2D eigenvalue weighted by Crippen LogP contribution is -2.35. The molecule has 1 aromatic rings. The molecule has 1 heterocycles. The van der Waals surface area contributed by atoms with Gasteiger partial charge >= 0.3 is 12.5 Å². The van der Waals surface area contributed by atoms with Crippen molar-refractivity contribution in [2.24, 2.45) is 16.6 Å². The molecular weight excluding hydrogens is 377 g/mol. The van der Waals surface area contributed by atoms with Crippen LogP contribution in [0.15, 0.2) is 29.3 Å². The van der Waals surface area contributed by atoms with E-state index in [2.05, 4.69) is 15.0 Å². The molecule has 1 aromatic carbocycles. The first-order valence-corrected chi connectivity index (χ1v) is 8.82. The molecule has 1 aliphatic heterocycles. The van der Waals surface area contributed by atoms with Crippen molar-refractivity contribution in [3.8, 4) is 5.75 Å². The lowest BCUT2D eigenvalue weighted by molar-refractivity contribution is -0.274. The molecule has 1 atom stereocenters. The fourth-order valence-corrected chi connectivity index (χ4v) is 2.66. The third-order valence-corrected chi connectivity index (χ3v) is 3.83. The molecular formula is C18H25F3N4O3. The molecule has 0 saturated carbocycles. The highest BCUT2D eigenvalue weighted by Gasteiger charge is 2.32. The van der Waals surface area contributed by atoms with E-state index in [0.29, 0.717) is 19.6 Å². The van der Waals surface area contributed by atoms with Crippen LogP contribution in [0.2, 0.25) is 0 Å². The molecule has 1 fully saturated rings. The number of para-hydroxylation sites is 2. The standard InChI is InChI=1S/C18H25F3N4O3/c1-17(2,3)28-16(26)25-9-8-12(11-25)10-23-15(22)24-13-6-4-5-7-14(13)27-18(19,20)21/h4-7,12H,8-11H2,1-3H3,(H3,22,23,24). The van der Waals surface area contributed by atoms with E-state index >= 15 is 0 Å². The number of anilines is 1. The zero-order valence-corrected chi connectivity index (χ0v) is 16.0. The highest BCUT2D eigenvalue weighted by molar-refractivity contribution is 5.93. The van der Waals surface area contributed by atoms with Gasteiger partial charge in [-0.15, -0.1) is 13.2 Å². The van der Waals surface area contributed by atoms with Crippen LogP contribution in [-0.2, 0) is 4.74 Å². The minimum atomic E-state index is -4.81. The largest absolute Gasteiger partial charge is 0.573 e. The van der Waals surface area contributed by atoms with Crippen molar-refractivity contribution < 1.29 is 27.4 Å². The fraction of sp³-hybridized carbons (Fsp3) is 0.556. The summed E-state index contributed by atoms with van der Waals surface area (Å²) in [6.45, 7) is 6.78. The van der Waals surface area contributed by atoms with Crippen molar-refractivity contribution in [3.63, 3.8) is 0 Å². The first-order valence-electron chi connectivity index (χ1n) is 8.82. The summed E-state index contributed by atoms with van der Waals surface area (Å²) >= 11 is 0. The average molecular weight is 402 g/mol. The molecule has 7 nitrogen and oxygen atoms in total. The molecule has 0 bridgehead atoms. The molecule has 0 spiro atoms. The lowest BCUT2D eigenvalue weighted by Gasteiger charge is -2.24. The van der Waals surface area contributed by atoms with Gasteiger partial charge in [0.05, 0.1) is 5.69 Å². The highest BCUT2D eigenvalue weighted by atomic mass is 19.4. The Morgan fingerprint density at radius 1 is 1.32 bits per heavy atom. The van der Waals surface area contributed by atoms with Gasteiger partial charge in [0, 0.05) is 19.6 Å². The number of carbonyl (C=O) groups excluding carboxylic acids is 1. The van der Waals surface area contributed by atoms with Gasteiger partial charge in [-0.3, -0.25) is 4.99 Å². The van der Waals surface area contributed by atoms with Gasteiger partial charge in [0.15, 0.2) is 11.7 Å². The number of nitrogens with zero attached hydrogens (tertiary/aromatic N) is 2. The number of likely N-dealkylation sites (tertiary alicyclic amines) is 1. The Labute approximate surface area is 161 Å². The monoisotopic (exact) mass is 402 g/mol. The molecule has 0 radical (unpaired) electrons. The normalized spacial score (nSPS) is 18.1. The van der Waals surface area contributed by atoms with Crippen LogP contribution in [0.4, 0.5) is 23.7 Å². The number of alkyl halides is 3. The van der Waals surface area contributed by atoms with E-state index in [1.807, 2.05) is 0 Å². The third-order valence-electron chi connectivity index (χ3n) is 3.83. The van der Waals surface area contributed by atoms with Crippen LogP contribution in [0, 0.1) is 5.92 Å². The summed E-state index contributed by atoms with van der Waals surface area (Å²) in [4.78, 5) is 17.9. The van der Waals surface area contributed by atoms with Crippen molar-refractivity contribution >= 4 is 17.7 Å². The SMILES string of the molecule is CC(C)(C)OC(=O)N1CCC(CN=C(N)Nc2ccccc2OC(F)(F)F)C1. The quantitative estimate of drug-likeness (QED) is 0.594. The number of nitrogens with two attached hydrogens (primary N) is 1. The first kappa shape index (κ1) is 21.6. The fourth-order valence-electron chi connectivity index (χ4n) is 2.66. The number of benzene rings is 1.